The number of hydrogen-bond acceptors (Lipinski definition) is 2. The van der Waals surface area contributed by atoms with Gasteiger partial charge in [-0.15, -0.1) is 0 Å². The van der Waals surface area contributed by atoms with Crippen molar-refractivity contribution in [2.45, 2.75) is 4.90 Å². The van der Waals surface area contributed by atoms with Gasteiger partial charge in [0.25, 0.3) is 0 Å². The van der Waals surface area contributed by atoms with Crippen molar-refractivity contribution in [1.82, 2.24) is 0 Å². The smallest absolute Gasteiger partial charge is 0.186 e. The fraction of sp³-hybridized carbons (Fsp3) is 0. The molecule has 3 aromatic carbocycles. The first kappa shape index (κ1) is 16.6. The second-order valence-electron chi connectivity index (χ2n) is 5.16. The number of hydrogen-bond donors (Lipinski definition) is 0. The molecular weight excluding hydrogens is 336 g/mol. The van der Waals surface area contributed by atoms with Crippen LogP contribution in [0, 0.1) is 0 Å². The standard InChI is InChI=1S/C21H15ClOS/c22-18-11-13-19(14-12-18)24-21(17-9-5-2-6-10-17)15-20(23)16-7-3-1-4-8-16/h1-15H/b21-15+. The summed E-state index contributed by atoms with van der Waals surface area (Å²) in [7, 11) is 0. The van der Waals surface area contributed by atoms with Crippen molar-refractivity contribution in [1.29, 1.82) is 0 Å². The molecule has 0 spiro atoms. The number of benzene rings is 3. The van der Waals surface area contributed by atoms with E-state index in [0.717, 1.165) is 15.4 Å². The van der Waals surface area contributed by atoms with E-state index >= 15 is 0 Å². The van der Waals surface area contributed by atoms with Crippen molar-refractivity contribution < 1.29 is 4.79 Å². The zero-order chi connectivity index (χ0) is 16.8. The molecule has 3 heteroatoms. The second-order valence-corrected chi connectivity index (χ2v) is 6.71. The van der Waals surface area contributed by atoms with E-state index in [1.807, 2.05) is 84.9 Å². The summed E-state index contributed by atoms with van der Waals surface area (Å²) in [4.78, 5) is 14.5. The third-order valence-electron chi connectivity index (χ3n) is 3.42. The Labute approximate surface area is 151 Å². The predicted molar refractivity (Wildman–Crippen MR) is 103 cm³/mol. The van der Waals surface area contributed by atoms with E-state index in [0.29, 0.717) is 10.6 Å². The Kier molecular flexibility index (Phi) is 5.52. The molecule has 24 heavy (non-hydrogen) atoms. The molecule has 0 unspecified atom stereocenters. The maximum atomic E-state index is 12.6. The molecule has 0 aromatic heterocycles. The van der Waals surface area contributed by atoms with Crippen molar-refractivity contribution in [2.24, 2.45) is 0 Å². The van der Waals surface area contributed by atoms with Gasteiger partial charge in [0, 0.05) is 26.5 Å². The van der Waals surface area contributed by atoms with Crippen LogP contribution in [-0.2, 0) is 0 Å². The number of thioether (sulfide) groups is 1. The zero-order valence-electron chi connectivity index (χ0n) is 12.9. The molecule has 0 saturated carbocycles. The van der Waals surface area contributed by atoms with E-state index in [1.165, 1.54) is 0 Å². The Morgan fingerprint density at radius 3 is 1.88 bits per heavy atom. The van der Waals surface area contributed by atoms with Gasteiger partial charge in [0.1, 0.15) is 0 Å². The molecule has 0 fully saturated rings. The third-order valence-corrected chi connectivity index (χ3v) is 4.75. The van der Waals surface area contributed by atoms with Gasteiger partial charge < -0.3 is 0 Å². The molecule has 0 atom stereocenters. The number of rotatable bonds is 5. The van der Waals surface area contributed by atoms with Crippen molar-refractivity contribution in [3.8, 4) is 0 Å². The lowest BCUT2D eigenvalue weighted by molar-refractivity contribution is 0.104. The van der Waals surface area contributed by atoms with E-state index in [9.17, 15) is 4.79 Å². The first-order chi connectivity index (χ1) is 11.7. The average molecular weight is 351 g/mol. The Morgan fingerprint density at radius 2 is 1.29 bits per heavy atom. The van der Waals surface area contributed by atoms with Crippen molar-refractivity contribution in [2.75, 3.05) is 0 Å². The summed E-state index contributed by atoms with van der Waals surface area (Å²) in [5.41, 5.74) is 1.70. The number of ketones is 1. The fourth-order valence-corrected chi connectivity index (χ4v) is 3.28. The zero-order valence-corrected chi connectivity index (χ0v) is 14.4. The SMILES string of the molecule is O=C(/C=C(/Sc1ccc(Cl)cc1)c1ccccc1)c1ccccc1. The summed E-state index contributed by atoms with van der Waals surface area (Å²) in [5.74, 6) is -0.00378. The predicted octanol–water partition coefficient (Wildman–Crippen LogP) is 6.36. The molecule has 0 aliphatic heterocycles. The summed E-state index contributed by atoms with van der Waals surface area (Å²) in [6.45, 7) is 0. The van der Waals surface area contributed by atoms with Crippen LogP contribution in [0.15, 0.2) is 95.9 Å². The maximum Gasteiger partial charge on any atom is 0.186 e. The highest BCUT2D eigenvalue weighted by molar-refractivity contribution is 8.08. The third kappa shape index (κ3) is 4.38. The topological polar surface area (TPSA) is 17.1 Å². The van der Waals surface area contributed by atoms with Gasteiger partial charge in [-0.05, 0) is 29.8 Å². The Balaban J connectivity index is 1.94. The molecule has 0 amide bonds. The number of allylic oxidation sites excluding steroid dienone is 1. The molecule has 0 aliphatic carbocycles. The second kappa shape index (κ2) is 8.00. The Morgan fingerprint density at radius 1 is 0.750 bits per heavy atom. The molecular formula is C21H15ClOS. The average Bonchev–Trinajstić information content (AvgIpc) is 2.64. The van der Waals surface area contributed by atoms with Crippen LogP contribution in [0.4, 0.5) is 0 Å². The first-order valence-electron chi connectivity index (χ1n) is 7.52. The number of carbonyl (C=O) groups is 1. The highest BCUT2D eigenvalue weighted by atomic mass is 35.5. The van der Waals surface area contributed by atoms with Crippen LogP contribution < -0.4 is 0 Å². The monoisotopic (exact) mass is 350 g/mol. The van der Waals surface area contributed by atoms with Crippen LogP contribution in [0.1, 0.15) is 15.9 Å². The molecule has 0 aliphatic rings. The Bertz CT molecular complexity index is 840. The van der Waals surface area contributed by atoms with Crippen molar-refractivity contribution in [3.63, 3.8) is 0 Å². The van der Waals surface area contributed by atoms with E-state index in [2.05, 4.69) is 0 Å². The summed E-state index contributed by atoms with van der Waals surface area (Å²) >= 11 is 7.51. The largest absolute Gasteiger partial charge is 0.289 e. The van der Waals surface area contributed by atoms with Crippen LogP contribution in [0.2, 0.25) is 5.02 Å². The number of halogens is 1. The van der Waals surface area contributed by atoms with Crippen molar-refractivity contribution in [3.05, 3.63) is 107 Å². The van der Waals surface area contributed by atoms with E-state index in [-0.39, 0.29) is 5.78 Å². The first-order valence-corrected chi connectivity index (χ1v) is 8.72. The summed E-state index contributed by atoms with van der Waals surface area (Å²) in [6, 6.07) is 26.8. The van der Waals surface area contributed by atoms with E-state index in [4.69, 9.17) is 11.6 Å². The van der Waals surface area contributed by atoms with Crippen LogP contribution in [0.25, 0.3) is 4.91 Å². The van der Waals surface area contributed by atoms with Gasteiger partial charge in [-0.3, -0.25) is 4.79 Å². The van der Waals surface area contributed by atoms with E-state index < -0.39 is 0 Å². The molecule has 0 saturated heterocycles. The van der Waals surface area contributed by atoms with Gasteiger partial charge in [-0.1, -0.05) is 84.0 Å². The lowest BCUT2D eigenvalue weighted by atomic mass is 10.1. The van der Waals surface area contributed by atoms with Gasteiger partial charge in [-0.25, -0.2) is 0 Å². The highest BCUT2D eigenvalue weighted by Gasteiger charge is 2.09. The molecule has 0 radical (unpaired) electrons. The van der Waals surface area contributed by atoms with E-state index in [1.54, 1.807) is 17.8 Å². The maximum absolute atomic E-state index is 12.6. The summed E-state index contributed by atoms with van der Waals surface area (Å²) in [5, 5.41) is 0.699. The molecule has 3 rings (SSSR count). The Hall–Kier alpha value is -2.29. The molecule has 3 aromatic rings. The quantitative estimate of drug-likeness (QED) is 0.302. The fourth-order valence-electron chi connectivity index (χ4n) is 2.21. The van der Waals surface area contributed by atoms with Gasteiger partial charge in [0.2, 0.25) is 0 Å². The van der Waals surface area contributed by atoms with Gasteiger partial charge >= 0.3 is 0 Å². The minimum Gasteiger partial charge on any atom is -0.289 e. The number of carbonyl (C=O) groups excluding carboxylic acids is 1. The van der Waals surface area contributed by atoms with Crippen LogP contribution in [-0.4, -0.2) is 5.78 Å². The molecule has 0 N–H and O–H groups in total. The minimum atomic E-state index is -0.00378. The van der Waals surface area contributed by atoms with Crippen LogP contribution in [0.3, 0.4) is 0 Å². The van der Waals surface area contributed by atoms with Gasteiger partial charge in [0.05, 0.1) is 0 Å². The lowest BCUT2D eigenvalue weighted by Gasteiger charge is -2.08. The summed E-state index contributed by atoms with van der Waals surface area (Å²) in [6.07, 6.45) is 1.70. The lowest BCUT2D eigenvalue weighted by Crippen LogP contribution is -1.95. The molecule has 1 nitrogen and oxygen atoms in total. The van der Waals surface area contributed by atoms with Gasteiger partial charge in [0.15, 0.2) is 5.78 Å². The molecule has 0 heterocycles. The van der Waals surface area contributed by atoms with Gasteiger partial charge in [-0.2, -0.15) is 0 Å². The van der Waals surface area contributed by atoms with Crippen LogP contribution in [0.5, 0.6) is 0 Å². The van der Waals surface area contributed by atoms with Crippen molar-refractivity contribution >= 4 is 34.1 Å². The highest BCUT2D eigenvalue weighted by Crippen LogP contribution is 2.35. The molecule has 118 valence electrons. The normalized spacial score (nSPS) is 11.3. The summed E-state index contributed by atoms with van der Waals surface area (Å²) < 4.78 is 0. The minimum absolute atomic E-state index is 0.00378. The molecule has 0 bridgehead atoms. The van der Waals surface area contributed by atoms with Crippen LogP contribution >= 0.6 is 23.4 Å².